The van der Waals surface area contributed by atoms with Crippen molar-refractivity contribution in [1.82, 2.24) is 5.32 Å². The molecular weight excluding hydrogens is 226 g/mol. The lowest BCUT2D eigenvalue weighted by Gasteiger charge is -2.60. The van der Waals surface area contributed by atoms with Crippen LogP contribution in [0.5, 0.6) is 0 Å². The number of rotatable bonds is 3. The van der Waals surface area contributed by atoms with Crippen LogP contribution in [0.25, 0.3) is 0 Å². The summed E-state index contributed by atoms with van der Waals surface area (Å²) in [6, 6.07) is 0. The number of hydrogen-bond acceptors (Lipinski definition) is 2. The van der Waals surface area contributed by atoms with Gasteiger partial charge in [-0.15, -0.1) is 0 Å². The van der Waals surface area contributed by atoms with Crippen molar-refractivity contribution in [2.24, 2.45) is 17.8 Å². The normalized spacial score (nSPS) is 47.9. The molecule has 0 aliphatic heterocycles. The summed E-state index contributed by atoms with van der Waals surface area (Å²) < 4.78 is 0. The van der Waals surface area contributed by atoms with E-state index in [1.807, 2.05) is 0 Å². The first-order chi connectivity index (χ1) is 8.59. The van der Waals surface area contributed by atoms with Crippen molar-refractivity contribution in [1.29, 1.82) is 0 Å². The van der Waals surface area contributed by atoms with Crippen LogP contribution in [0.3, 0.4) is 0 Å². The van der Waals surface area contributed by atoms with Crippen molar-refractivity contribution in [2.45, 2.75) is 68.9 Å². The van der Waals surface area contributed by atoms with Gasteiger partial charge in [-0.3, -0.25) is 10.1 Å². The zero-order valence-electron chi connectivity index (χ0n) is 11.0. The second-order valence-electron chi connectivity index (χ2n) is 7.56. The number of aliphatic carboxylic acids is 1. The first kappa shape index (κ1) is 11.3. The topological polar surface area (TPSA) is 49.3 Å². The van der Waals surface area contributed by atoms with E-state index in [0.29, 0.717) is 0 Å². The highest BCUT2D eigenvalue weighted by Crippen LogP contribution is 2.56. The highest BCUT2D eigenvalue weighted by Gasteiger charge is 2.56. The van der Waals surface area contributed by atoms with E-state index in [4.69, 9.17) is 0 Å². The Hall–Kier alpha value is -0.570. The highest BCUT2D eigenvalue weighted by atomic mass is 16.4. The minimum absolute atomic E-state index is 0.188. The largest absolute Gasteiger partial charge is 0.480 e. The van der Waals surface area contributed by atoms with E-state index in [9.17, 15) is 9.90 Å². The monoisotopic (exact) mass is 249 g/mol. The van der Waals surface area contributed by atoms with Crippen LogP contribution in [0.1, 0.15) is 57.8 Å². The predicted molar refractivity (Wildman–Crippen MR) is 68.3 cm³/mol. The van der Waals surface area contributed by atoms with Crippen molar-refractivity contribution in [2.75, 3.05) is 0 Å². The maximum atomic E-state index is 11.6. The molecule has 5 saturated carbocycles. The molecule has 0 aromatic heterocycles. The van der Waals surface area contributed by atoms with Crippen LogP contribution >= 0.6 is 0 Å². The molecule has 0 unspecified atom stereocenters. The van der Waals surface area contributed by atoms with Crippen LogP contribution in [-0.2, 0) is 4.79 Å². The lowest BCUT2D eigenvalue weighted by atomic mass is 9.52. The van der Waals surface area contributed by atoms with Crippen LogP contribution in [0.4, 0.5) is 0 Å². The summed E-state index contributed by atoms with van der Waals surface area (Å²) in [6.45, 7) is 0. The Morgan fingerprint density at radius 3 is 1.83 bits per heavy atom. The third-order valence-electron chi connectivity index (χ3n) is 6.16. The van der Waals surface area contributed by atoms with E-state index in [-0.39, 0.29) is 5.54 Å². The Labute approximate surface area is 108 Å². The van der Waals surface area contributed by atoms with Gasteiger partial charge in [0, 0.05) is 5.54 Å². The smallest absolute Gasteiger partial charge is 0.323 e. The fourth-order valence-electron chi connectivity index (χ4n) is 5.69. The van der Waals surface area contributed by atoms with Crippen LogP contribution in [-0.4, -0.2) is 22.2 Å². The van der Waals surface area contributed by atoms with Gasteiger partial charge in [-0.1, -0.05) is 0 Å². The molecule has 0 saturated heterocycles. The van der Waals surface area contributed by atoms with Crippen LogP contribution < -0.4 is 5.32 Å². The molecule has 0 atom stereocenters. The van der Waals surface area contributed by atoms with Crippen LogP contribution in [0.15, 0.2) is 0 Å². The summed E-state index contributed by atoms with van der Waals surface area (Å²) in [5.74, 6) is 2.04. The first-order valence-corrected chi connectivity index (χ1v) is 7.62. The van der Waals surface area contributed by atoms with E-state index >= 15 is 0 Å². The van der Waals surface area contributed by atoms with Gasteiger partial charge in [0.25, 0.3) is 0 Å². The summed E-state index contributed by atoms with van der Waals surface area (Å²) in [5, 5.41) is 13.2. The van der Waals surface area contributed by atoms with Gasteiger partial charge in [0.15, 0.2) is 0 Å². The quantitative estimate of drug-likeness (QED) is 0.808. The van der Waals surface area contributed by atoms with Gasteiger partial charge >= 0.3 is 5.97 Å². The molecule has 0 aromatic carbocycles. The van der Waals surface area contributed by atoms with Gasteiger partial charge in [0.1, 0.15) is 5.54 Å². The van der Waals surface area contributed by atoms with E-state index in [1.54, 1.807) is 0 Å². The number of carboxylic acids is 1. The van der Waals surface area contributed by atoms with Gasteiger partial charge in [0.05, 0.1) is 0 Å². The number of carbonyl (C=O) groups is 1. The number of carboxylic acid groups (broad SMARTS) is 1. The fourth-order valence-corrected chi connectivity index (χ4v) is 5.69. The molecule has 5 rings (SSSR count). The molecule has 0 amide bonds. The minimum Gasteiger partial charge on any atom is -0.480 e. The molecule has 3 heteroatoms. The van der Waals surface area contributed by atoms with Crippen molar-refractivity contribution >= 4 is 5.97 Å². The summed E-state index contributed by atoms with van der Waals surface area (Å²) in [4.78, 5) is 11.6. The summed E-state index contributed by atoms with van der Waals surface area (Å²) >= 11 is 0. The lowest BCUT2D eigenvalue weighted by molar-refractivity contribution is -0.153. The van der Waals surface area contributed by atoms with Crippen LogP contribution in [0, 0.1) is 17.8 Å². The molecule has 5 aliphatic rings. The van der Waals surface area contributed by atoms with Crippen molar-refractivity contribution in [3.63, 3.8) is 0 Å². The second kappa shape index (κ2) is 3.50. The molecule has 2 N–H and O–H groups in total. The van der Waals surface area contributed by atoms with Crippen molar-refractivity contribution < 1.29 is 9.90 Å². The Bertz CT molecular complexity index is 351. The molecule has 0 aromatic rings. The van der Waals surface area contributed by atoms with E-state index in [0.717, 1.165) is 37.0 Å². The second-order valence-corrected chi connectivity index (χ2v) is 7.56. The minimum atomic E-state index is -0.607. The Balaban J connectivity index is 1.59. The first-order valence-electron chi connectivity index (χ1n) is 7.62. The SMILES string of the molecule is O=C(O)C1(NC23CC4CC(CC(C4)C2)C3)CCC1. The van der Waals surface area contributed by atoms with E-state index in [2.05, 4.69) is 5.32 Å². The van der Waals surface area contributed by atoms with Gasteiger partial charge in [0.2, 0.25) is 0 Å². The summed E-state index contributed by atoms with van der Waals surface area (Å²) in [7, 11) is 0. The van der Waals surface area contributed by atoms with Gasteiger partial charge in [-0.25, -0.2) is 0 Å². The number of nitrogens with one attached hydrogen (secondary N) is 1. The fraction of sp³-hybridized carbons (Fsp3) is 0.933. The van der Waals surface area contributed by atoms with E-state index < -0.39 is 11.5 Å². The maximum Gasteiger partial charge on any atom is 0.323 e. The summed E-state index contributed by atoms with van der Waals surface area (Å²) in [6.07, 6.45) is 10.7. The maximum absolute atomic E-state index is 11.6. The van der Waals surface area contributed by atoms with Crippen LogP contribution in [0.2, 0.25) is 0 Å². The highest BCUT2D eigenvalue weighted by molar-refractivity contribution is 5.80. The zero-order chi connectivity index (χ0) is 12.4. The van der Waals surface area contributed by atoms with Gasteiger partial charge in [-0.05, 0) is 75.5 Å². The van der Waals surface area contributed by atoms with Crippen molar-refractivity contribution in [3.05, 3.63) is 0 Å². The molecule has 5 aliphatic carbocycles. The molecule has 3 nitrogen and oxygen atoms in total. The summed E-state index contributed by atoms with van der Waals surface area (Å²) in [5.41, 5.74) is -0.376. The lowest BCUT2D eigenvalue weighted by Crippen LogP contribution is -2.69. The van der Waals surface area contributed by atoms with Gasteiger partial charge < -0.3 is 5.11 Å². The third-order valence-corrected chi connectivity index (χ3v) is 6.16. The Morgan fingerprint density at radius 2 is 1.50 bits per heavy atom. The van der Waals surface area contributed by atoms with Crippen molar-refractivity contribution in [3.8, 4) is 0 Å². The zero-order valence-corrected chi connectivity index (χ0v) is 11.0. The molecule has 18 heavy (non-hydrogen) atoms. The Kier molecular flexibility index (Phi) is 2.19. The van der Waals surface area contributed by atoms with E-state index in [1.165, 1.54) is 38.5 Å². The molecule has 100 valence electrons. The Morgan fingerprint density at radius 1 is 1.00 bits per heavy atom. The average Bonchev–Trinajstić information content (AvgIpc) is 2.21. The molecule has 0 spiro atoms. The van der Waals surface area contributed by atoms with Gasteiger partial charge in [-0.2, -0.15) is 0 Å². The molecular formula is C15H23NO2. The molecule has 0 radical (unpaired) electrons. The molecule has 4 bridgehead atoms. The number of hydrogen-bond donors (Lipinski definition) is 2. The molecule has 5 fully saturated rings. The predicted octanol–water partition coefficient (Wildman–Crippen LogP) is 2.55. The third kappa shape index (κ3) is 1.49. The average molecular weight is 249 g/mol. The molecule has 0 heterocycles. The standard InChI is InChI=1S/C15H23NO2/c17-13(18)15(2-1-3-15)16-14-7-10-4-11(8-14)6-12(5-10)9-14/h10-12,16H,1-9H2,(H,17,18).